The number of fused-ring (bicyclic) bond motifs is 22. The standard InChI is InChI=1S/2C41H42N4O8/c1-9-23-20(2)29-17-34-27-13-10-26(39(49)52-7)38(40(50)53-8)41(27,5)35(45-34)19-30-22(4)24(11-14-36(46)47)32(44-30)18-33-25(12-15-37(48)51-6)21(3)28(43-33)16-31(23)42-29;1-9-23-20(2)29-17-34-27-13-10-26(39(49)52-7)38(40(50)53-8)41(27,5)35(45-34)19-30-22(4)25(12-15-37(48)51-6)33(44-30)18-32-24(11-14-36(46)47)21(3)28(43-32)16-31(23)42-29/h2*9-10,13,16-19,38,42-43H,1,11-12,14-15H2,2-8H3,(H,46,47)/t2*38-,41+/m11/s1. The largest absolute Gasteiger partial charge is 0.481 e. The Labute approximate surface area is 610 Å². The van der Waals surface area contributed by atoms with Crippen molar-refractivity contribution in [3.63, 3.8) is 0 Å². The number of rotatable bonds is 18. The molecular weight excluding hydrogens is 1350 g/mol. The van der Waals surface area contributed by atoms with E-state index in [0.717, 1.165) is 105 Å². The molecule has 548 valence electrons. The van der Waals surface area contributed by atoms with Gasteiger partial charge >= 0.3 is 47.8 Å². The van der Waals surface area contributed by atoms with Gasteiger partial charge in [0, 0.05) is 80.9 Å². The minimum atomic E-state index is -1.19. The summed E-state index contributed by atoms with van der Waals surface area (Å²) in [4.78, 5) is 136. The van der Waals surface area contributed by atoms with Crippen molar-refractivity contribution in [3.8, 4) is 0 Å². The number of carboxylic acids is 2. The first-order valence-electron chi connectivity index (χ1n) is 34.4. The normalized spacial score (nSPS) is 17.8. The molecule has 0 amide bonds. The summed E-state index contributed by atoms with van der Waals surface area (Å²) in [6.45, 7) is 23.6. The summed E-state index contributed by atoms with van der Waals surface area (Å²) in [6, 6.07) is 15.2. The van der Waals surface area contributed by atoms with Gasteiger partial charge in [-0.15, -0.1) is 0 Å². The average molecular weight is 1440 g/mol. The Morgan fingerprint density at radius 2 is 0.764 bits per heavy atom. The van der Waals surface area contributed by atoms with Crippen LogP contribution in [0.4, 0.5) is 0 Å². The summed E-state index contributed by atoms with van der Waals surface area (Å²) in [5.41, 5.74) is 19.8. The van der Waals surface area contributed by atoms with Crippen LogP contribution in [0.2, 0.25) is 0 Å². The van der Waals surface area contributed by atoms with Gasteiger partial charge in [-0.2, -0.15) is 0 Å². The van der Waals surface area contributed by atoms with Crippen molar-refractivity contribution in [2.45, 2.75) is 118 Å². The highest BCUT2D eigenvalue weighted by molar-refractivity contribution is 6.04. The fourth-order valence-electron chi connectivity index (χ4n) is 15.4. The molecule has 6 aromatic rings. The van der Waals surface area contributed by atoms with Crippen LogP contribution < -0.4 is 0 Å². The van der Waals surface area contributed by atoms with Crippen LogP contribution in [0.1, 0.15) is 156 Å². The van der Waals surface area contributed by atoms with Crippen molar-refractivity contribution < 1.29 is 77.0 Å². The molecule has 4 aliphatic heterocycles. The van der Waals surface area contributed by atoms with Gasteiger partial charge in [-0.3, -0.25) is 38.7 Å². The third kappa shape index (κ3) is 13.4. The van der Waals surface area contributed by atoms with Gasteiger partial charge in [-0.1, -0.05) is 49.6 Å². The molecule has 6 aromatic heterocycles. The number of allylic oxidation sites excluding steroid dienone is 10. The minimum Gasteiger partial charge on any atom is -0.481 e. The number of nitrogens with zero attached hydrogens (tertiary/aromatic N) is 4. The quantitative estimate of drug-likeness (QED) is 0.0344. The summed E-state index contributed by atoms with van der Waals surface area (Å²) in [5, 5.41) is 19.3. The van der Waals surface area contributed by atoms with Crippen molar-refractivity contribution in [1.82, 2.24) is 39.9 Å². The van der Waals surface area contributed by atoms with Crippen molar-refractivity contribution >= 4 is 137 Å². The molecule has 0 unspecified atom stereocenters. The zero-order valence-corrected chi connectivity index (χ0v) is 61.7. The lowest BCUT2D eigenvalue weighted by molar-refractivity contribution is -0.149. The van der Waals surface area contributed by atoms with Crippen molar-refractivity contribution in [1.29, 1.82) is 0 Å². The number of carbonyl (C=O) groups is 8. The third-order valence-corrected chi connectivity index (χ3v) is 21.4. The number of methoxy groups -OCH3 is 6. The predicted octanol–water partition coefficient (Wildman–Crippen LogP) is 13.4. The number of hydrogen-bond acceptors (Lipinski definition) is 18. The topological polar surface area (TPSA) is 347 Å². The summed E-state index contributed by atoms with van der Waals surface area (Å²) in [7, 11) is 7.77. The Balaban J connectivity index is 0.000000212. The Morgan fingerprint density at radius 1 is 0.415 bits per heavy atom. The Morgan fingerprint density at radius 3 is 1.13 bits per heavy atom. The van der Waals surface area contributed by atoms with Crippen molar-refractivity contribution in [2.75, 3.05) is 42.7 Å². The number of esters is 6. The van der Waals surface area contributed by atoms with E-state index in [0.29, 0.717) is 75.1 Å². The maximum atomic E-state index is 13.7. The summed E-state index contributed by atoms with van der Waals surface area (Å²) in [5.74, 6) is -7.38. The van der Waals surface area contributed by atoms with E-state index in [-0.39, 0.29) is 61.6 Å². The Kier molecular flexibility index (Phi) is 21.2. The average Bonchev–Trinajstić information content (AvgIpc) is 1.53. The van der Waals surface area contributed by atoms with Gasteiger partial charge in [0.15, 0.2) is 0 Å². The Bertz CT molecular complexity index is 5410. The van der Waals surface area contributed by atoms with Gasteiger partial charge in [0.1, 0.15) is 11.8 Å². The summed E-state index contributed by atoms with van der Waals surface area (Å²) in [6.07, 6.45) is 11.6. The van der Waals surface area contributed by atoms with Crippen molar-refractivity contribution in [3.05, 3.63) is 187 Å². The van der Waals surface area contributed by atoms with Gasteiger partial charge < -0.3 is 58.6 Å². The van der Waals surface area contributed by atoms with Crippen LogP contribution in [0.25, 0.3) is 89.7 Å². The fraction of sp³-hybridized carbons (Fsp3) is 0.317. The van der Waals surface area contributed by atoms with E-state index >= 15 is 0 Å². The highest BCUT2D eigenvalue weighted by Gasteiger charge is 2.55. The SMILES string of the molecule is C=Cc1c(C)c2cc3nc(cc4nc(cc5[nH]c(cc1[nH]2)c(C)c5CCC(=O)O)C(CCC(=O)OC)=C4C)[C@]1(C)C3=CC=C(C(=O)OC)[C@@H]1C(=O)OC.C=Cc1c(C)c2cc3nc(cc4nc(cc5[nH]c(cc1[nH]2)c(C)c5CCC(=O)OC)C(CCC(=O)O)=C4C)[C@]1(C)C3=CC=C(C(=O)OC)[C@@H]1C(=O)OC. The number of H-pyrrole nitrogens is 4. The molecule has 6 N–H and O–H groups in total. The molecule has 0 saturated carbocycles. The van der Waals surface area contributed by atoms with E-state index in [9.17, 15) is 48.6 Å². The molecule has 0 fully saturated rings. The van der Waals surface area contributed by atoms with Crippen LogP contribution in [-0.4, -0.2) is 140 Å². The lowest BCUT2D eigenvalue weighted by Crippen LogP contribution is -2.42. The van der Waals surface area contributed by atoms with E-state index in [1.54, 1.807) is 42.5 Å². The van der Waals surface area contributed by atoms with Crippen LogP contribution in [0.15, 0.2) is 97.1 Å². The fourth-order valence-corrected chi connectivity index (χ4v) is 15.4. The number of carbonyl (C=O) groups excluding carboxylic acids is 6. The minimum absolute atomic E-state index is 0.0739. The zero-order chi connectivity index (χ0) is 76.7. The smallest absolute Gasteiger partial charge is 0.334 e. The predicted molar refractivity (Wildman–Crippen MR) is 402 cm³/mol. The molecule has 16 bridgehead atoms. The molecule has 12 rings (SSSR count). The monoisotopic (exact) mass is 1440 g/mol. The second-order valence-corrected chi connectivity index (χ2v) is 27.0. The molecular formula is C82H84N8O16. The molecule has 0 spiro atoms. The first kappa shape index (κ1) is 75.1. The number of carboxylic acid groups (broad SMARTS) is 2. The number of nitrogens with one attached hydrogen (secondary N) is 4. The van der Waals surface area contributed by atoms with E-state index < -0.39 is 58.5 Å². The van der Waals surface area contributed by atoms with E-state index in [2.05, 4.69) is 33.1 Å². The van der Waals surface area contributed by atoms with Crippen LogP contribution >= 0.6 is 0 Å². The van der Waals surface area contributed by atoms with Crippen LogP contribution in [-0.2, 0) is 90.4 Å². The van der Waals surface area contributed by atoms with E-state index in [1.807, 2.05) is 97.9 Å². The summed E-state index contributed by atoms with van der Waals surface area (Å²) < 4.78 is 30.7. The Hall–Kier alpha value is -12.1. The first-order valence-corrected chi connectivity index (χ1v) is 34.4. The van der Waals surface area contributed by atoms with Gasteiger partial charge in [-0.05, 0) is 196 Å². The lowest BCUT2D eigenvalue weighted by Gasteiger charge is -2.36. The molecule has 24 nitrogen and oxygen atoms in total. The second-order valence-electron chi connectivity index (χ2n) is 27.0. The number of aliphatic carboxylic acids is 2. The molecule has 6 aliphatic rings. The number of ether oxygens (including phenoxy) is 6. The van der Waals surface area contributed by atoms with Crippen LogP contribution in [0.3, 0.4) is 0 Å². The van der Waals surface area contributed by atoms with Gasteiger partial charge in [0.05, 0.1) is 110 Å². The molecule has 106 heavy (non-hydrogen) atoms. The number of hydrogen-bond donors (Lipinski definition) is 6. The molecule has 2 aliphatic carbocycles. The lowest BCUT2D eigenvalue weighted by atomic mass is 9.64. The number of aromatic amines is 4. The number of aromatic nitrogens is 8. The molecule has 24 heteroatoms. The highest BCUT2D eigenvalue weighted by Crippen LogP contribution is 2.55. The van der Waals surface area contributed by atoms with Crippen LogP contribution in [0.5, 0.6) is 0 Å². The van der Waals surface area contributed by atoms with Gasteiger partial charge in [0.25, 0.3) is 0 Å². The van der Waals surface area contributed by atoms with E-state index in [1.165, 1.54) is 42.7 Å². The molecule has 0 aromatic carbocycles. The maximum absolute atomic E-state index is 13.7. The second kappa shape index (κ2) is 29.9. The summed E-state index contributed by atoms with van der Waals surface area (Å²) >= 11 is 0. The highest BCUT2D eigenvalue weighted by atomic mass is 16.5. The van der Waals surface area contributed by atoms with Crippen LogP contribution in [0, 0.1) is 39.5 Å². The zero-order valence-electron chi connectivity index (χ0n) is 61.7. The molecule has 4 atom stereocenters. The molecule has 10 heterocycles. The van der Waals surface area contributed by atoms with E-state index in [4.69, 9.17) is 48.4 Å². The first-order chi connectivity index (χ1) is 50.5. The third-order valence-electron chi connectivity index (χ3n) is 21.4. The maximum Gasteiger partial charge on any atom is 0.334 e. The van der Waals surface area contributed by atoms with Gasteiger partial charge in [-0.25, -0.2) is 19.6 Å². The van der Waals surface area contributed by atoms with Gasteiger partial charge in [0.2, 0.25) is 0 Å². The van der Waals surface area contributed by atoms with Crippen molar-refractivity contribution in [2.24, 2.45) is 11.8 Å². The molecule has 0 radical (unpaired) electrons. The number of aryl methyl sites for hydroxylation is 6. The molecule has 0 saturated heterocycles.